The summed E-state index contributed by atoms with van der Waals surface area (Å²) in [7, 11) is 0. The topological polar surface area (TPSA) is 61.8 Å². The zero-order chi connectivity index (χ0) is 16.1. The fraction of sp³-hybridized carbons (Fsp3) is 0.938. The summed E-state index contributed by atoms with van der Waals surface area (Å²) in [5.74, 6) is -0.734. The summed E-state index contributed by atoms with van der Waals surface area (Å²) >= 11 is 0. The third-order valence-corrected chi connectivity index (χ3v) is 4.25. The lowest BCUT2D eigenvalue weighted by atomic mass is 9.90. The van der Waals surface area contributed by atoms with Crippen molar-refractivity contribution in [3.8, 4) is 0 Å². The van der Waals surface area contributed by atoms with Gasteiger partial charge in [-0.25, -0.2) is 0 Å². The van der Waals surface area contributed by atoms with Crippen LogP contribution in [0.5, 0.6) is 0 Å². The van der Waals surface area contributed by atoms with Crippen LogP contribution in [0, 0.1) is 0 Å². The van der Waals surface area contributed by atoms with Gasteiger partial charge in [-0.1, -0.05) is 13.8 Å². The van der Waals surface area contributed by atoms with Crippen molar-refractivity contribution in [2.24, 2.45) is 0 Å². The number of carbonyl (C=O) groups is 1. The van der Waals surface area contributed by atoms with Crippen LogP contribution < -0.4 is 5.32 Å². The van der Waals surface area contributed by atoms with Gasteiger partial charge in [0.1, 0.15) is 5.54 Å². The lowest BCUT2D eigenvalue weighted by Crippen LogP contribution is -2.53. The summed E-state index contributed by atoms with van der Waals surface area (Å²) in [5, 5.41) is 12.7. The Kier molecular flexibility index (Phi) is 6.63. The van der Waals surface area contributed by atoms with E-state index in [9.17, 15) is 9.90 Å². The molecule has 5 heteroatoms. The number of rotatable bonds is 8. The second-order valence-electron chi connectivity index (χ2n) is 6.80. The highest BCUT2D eigenvalue weighted by atomic mass is 16.5. The molecule has 0 spiro atoms. The van der Waals surface area contributed by atoms with Crippen molar-refractivity contribution in [3.05, 3.63) is 0 Å². The molecule has 1 saturated heterocycles. The molecule has 0 bridgehead atoms. The molecule has 1 heterocycles. The normalized spacial score (nSPS) is 25.5. The third-order valence-electron chi connectivity index (χ3n) is 4.25. The number of carboxylic acids is 1. The highest BCUT2D eigenvalue weighted by Gasteiger charge is 2.36. The summed E-state index contributed by atoms with van der Waals surface area (Å²) in [4.78, 5) is 14.0. The van der Waals surface area contributed by atoms with Crippen molar-refractivity contribution in [1.29, 1.82) is 0 Å². The molecule has 1 fully saturated rings. The summed E-state index contributed by atoms with van der Waals surface area (Å²) in [6.45, 7) is 13.7. The van der Waals surface area contributed by atoms with Gasteiger partial charge >= 0.3 is 5.97 Å². The van der Waals surface area contributed by atoms with Crippen molar-refractivity contribution in [2.75, 3.05) is 26.2 Å². The van der Waals surface area contributed by atoms with Crippen LogP contribution in [0.1, 0.15) is 53.9 Å². The maximum atomic E-state index is 11.6. The van der Waals surface area contributed by atoms with Gasteiger partial charge in [0.2, 0.25) is 0 Å². The number of hydrogen-bond donors (Lipinski definition) is 2. The van der Waals surface area contributed by atoms with Crippen LogP contribution in [-0.2, 0) is 9.53 Å². The second kappa shape index (κ2) is 7.56. The molecule has 1 aliphatic rings. The largest absolute Gasteiger partial charge is 0.480 e. The molecule has 1 aliphatic heterocycles. The van der Waals surface area contributed by atoms with E-state index in [4.69, 9.17) is 4.74 Å². The Balaban J connectivity index is 2.52. The van der Waals surface area contributed by atoms with Gasteiger partial charge in [0.15, 0.2) is 0 Å². The van der Waals surface area contributed by atoms with E-state index in [1.165, 1.54) is 0 Å². The molecule has 2 atom stereocenters. The first-order valence-electron chi connectivity index (χ1n) is 8.13. The first kappa shape index (κ1) is 18.4. The van der Waals surface area contributed by atoms with Crippen molar-refractivity contribution in [1.82, 2.24) is 10.2 Å². The molecular weight excluding hydrogens is 268 g/mol. The third kappa shape index (κ3) is 5.24. The summed E-state index contributed by atoms with van der Waals surface area (Å²) in [6, 6.07) is 0. The Morgan fingerprint density at radius 1 is 1.48 bits per heavy atom. The van der Waals surface area contributed by atoms with Gasteiger partial charge in [-0.3, -0.25) is 9.69 Å². The minimum absolute atomic E-state index is 0.117. The number of hydrogen-bond acceptors (Lipinski definition) is 4. The lowest BCUT2D eigenvalue weighted by Gasteiger charge is -2.42. The Labute approximate surface area is 129 Å². The quantitative estimate of drug-likeness (QED) is 0.719. The molecule has 5 nitrogen and oxygen atoms in total. The predicted octanol–water partition coefficient (Wildman–Crippen LogP) is 2.11. The molecule has 0 aromatic rings. The number of nitrogens with one attached hydrogen (secondary N) is 1. The maximum Gasteiger partial charge on any atom is 0.323 e. The number of likely N-dealkylation sites (N-methyl/N-ethyl adjacent to an activating group) is 1. The number of ether oxygens (including phenoxy) is 1. The van der Waals surface area contributed by atoms with Crippen LogP contribution in [-0.4, -0.2) is 59.4 Å². The zero-order valence-corrected chi connectivity index (χ0v) is 14.2. The minimum Gasteiger partial charge on any atom is -0.480 e. The summed E-state index contributed by atoms with van der Waals surface area (Å²) < 4.78 is 5.90. The van der Waals surface area contributed by atoms with Crippen LogP contribution in [0.25, 0.3) is 0 Å². The van der Waals surface area contributed by atoms with E-state index < -0.39 is 11.5 Å². The van der Waals surface area contributed by atoms with E-state index in [0.29, 0.717) is 19.4 Å². The molecule has 0 saturated carbocycles. The van der Waals surface area contributed by atoms with E-state index in [1.807, 2.05) is 13.8 Å². The predicted molar refractivity (Wildman–Crippen MR) is 84.6 cm³/mol. The molecule has 124 valence electrons. The van der Waals surface area contributed by atoms with Gasteiger partial charge in [0.25, 0.3) is 0 Å². The Hall–Kier alpha value is -0.650. The van der Waals surface area contributed by atoms with E-state index >= 15 is 0 Å². The standard InChI is InChI=1S/C16H32N2O3/c1-6-16(14(19)20,17-7-2)9-8-10-18-11-13(3)21-15(4,5)12-18/h13,17H,6-12H2,1-5H3,(H,19,20). The number of aliphatic carboxylic acids is 1. The van der Waals surface area contributed by atoms with E-state index in [2.05, 4.69) is 31.0 Å². The van der Waals surface area contributed by atoms with Crippen LogP contribution in [0.4, 0.5) is 0 Å². The summed E-state index contributed by atoms with van der Waals surface area (Å²) in [5.41, 5.74) is -0.893. The molecule has 0 aromatic heterocycles. The Morgan fingerprint density at radius 3 is 2.62 bits per heavy atom. The van der Waals surface area contributed by atoms with Gasteiger partial charge in [-0.15, -0.1) is 0 Å². The molecule has 0 aliphatic carbocycles. The smallest absolute Gasteiger partial charge is 0.323 e. The van der Waals surface area contributed by atoms with Crippen LogP contribution in [0.15, 0.2) is 0 Å². The van der Waals surface area contributed by atoms with Gasteiger partial charge in [0, 0.05) is 13.1 Å². The van der Waals surface area contributed by atoms with E-state index in [-0.39, 0.29) is 11.7 Å². The summed E-state index contributed by atoms with van der Waals surface area (Å²) in [6.07, 6.45) is 2.40. The van der Waals surface area contributed by atoms with Gasteiger partial charge < -0.3 is 15.2 Å². The minimum atomic E-state index is -0.776. The van der Waals surface area contributed by atoms with Crippen molar-refractivity contribution < 1.29 is 14.6 Å². The highest BCUT2D eigenvalue weighted by Crippen LogP contribution is 2.23. The molecule has 0 aromatic carbocycles. The maximum absolute atomic E-state index is 11.6. The fourth-order valence-electron chi connectivity index (χ4n) is 3.42. The van der Waals surface area contributed by atoms with Crippen LogP contribution >= 0.6 is 0 Å². The molecule has 1 rings (SSSR count). The molecule has 21 heavy (non-hydrogen) atoms. The van der Waals surface area contributed by atoms with Crippen molar-refractivity contribution in [2.45, 2.75) is 71.1 Å². The fourth-order valence-corrected chi connectivity index (χ4v) is 3.42. The molecule has 0 radical (unpaired) electrons. The van der Waals surface area contributed by atoms with Crippen LogP contribution in [0.2, 0.25) is 0 Å². The van der Waals surface area contributed by atoms with Gasteiger partial charge in [0.05, 0.1) is 11.7 Å². The average Bonchev–Trinajstić information content (AvgIpc) is 2.34. The molecule has 2 unspecified atom stereocenters. The first-order chi connectivity index (χ1) is 9.74. The Bertz CT molecular complexity index is 346. The zero-order valence-electron chi connectivity index (χ0n) is 14.2. The van der Waals surface area contributed by atoms with Gasteiger partial charge in [-0.05, 0) is 53.1 Å². The number of nitrogens with zero attached hydrogens (tertiary/aromatic N) is 1. The van der Waals surface area contributed by atoms with E-state index in [1.54, 1.807) is 0 Å². The molecule has 2 N–H and O–H groups in total. The highest BCUT2D eigenvalue weighted by molar-refractivity contribution is 5.78. The SMILES string of the molecule is CCNC(CC)(CCCN1CC(C)OC(C)(C)C1)C(=O)O. The average molecular weight is 300 g/mol. The molecule has 0 amide bonds. The lowest BCUT2D eigenvalue weighted by molar-refractivity contribution is -0.146. The van der Waals surface area contributed by atoms with E-state index in [0.717, 1.165) is 26.1 Å². The van der Waals surface area contributed by atoms with Crippen molar-refractivity contribution >= 4 is 5.97 Å². The molecular formula is C16H32N2O3. The second-order valence-corrected chi connectivity index (χ2v) is 6.80. The van der Waals surface area contributed by atoms with Gasteiger partial charge in [-0.2, -0.15) is 0 Å². The number of morpholine rings is 1. The monoisotopic (exact) mass is 300 g/mol. The van der Waals surface area contributed by atoms with Crippen LogP contribution in [0.3, 0.4) is 0 Å². The van der Waals surface area contributed by atoms with Crippen molar-refractivity contribution in [3.63, 3.8) is 0 Å². The first-order valence-corrected chi connectivity index (χ1v) is 8.13. The number of carboxylic acid groups (broad SMARTS) is 1. The Morgan fingerprint density at radius 2 is 2.14 bits per heavy atom.